The van der Waals surface area contributed by atoms with E-state index in [1.165, 1.54) is 0 Å². The number of aliphatic hydroxyl groups excluding tert-OH is 2. The lowest BCUT2D eigenvalue weighted by Gasteiger charge is -2.52. The van der Waals surface area contributed by atoms with Gasteiger partial charge in [-0.05, 0) is 29.5 Å². The number of nitrogens with zero attached hydrogens (tertiary/aromatic N) is 1. The SMILES string of the molecule is BCC(O)N(C)BC(C)(C)C(C)(C)C(C)(C)CO. The Kier molecular flexibility index (Phi) is 5.98. The van der Waals surface area contributed by atoms with E-state index in [0.29, 0.717) is 0 Å². The standard InChI is InChI=1S/C13H31B2NO2/c1-11(2,9-17)12(3,4)13(5,6)15-16(7)10(18)8-14/h10,15,17-18H,8-9,14H2,1-7H3. The van der Waals surface area contributed by atoms with Gasteiger partial charge in [-0.1, -0.05) is 41.5 Å². The van der Waals surface area contributed by atoms with Crippen molar-refractivity contribution in [3.63, 3.8) is 0 Å². The molecule has 0 aliphatic carbocycles. The van der Waals surface area contributed by atoms with Gasteiger partial charge < -0.3 is 15.0 Å². The molecule has 0 bridgehead atoms. The van der Waals surface area contributed by atoms with Crippen LogP contribution in [0.4, 0.5) is 0 Å². The zero-order valence-corrected chi connectivity index (χ0v) is 13.5. The Labute approximate surface area is 115 Å². The second kappa shape index (κ2) is 5.98. The summed E-state index contributed by atoms with van der Waals surface area (Å²) in [5.74, 6) is 0. The third kappa shape index (κ3) is 3.52. The zero-order valence-electron chi connectivity index (χ0n) is 13.5. The van der Waals surface area contributed by atoms with Gasteiger partial charge in [-0.15, -0.1) is 0 Å². The van der Waals surface area contributed by atoms with Crippen LogP contribution < -0.4 is 0 Å². The minimum absolute atomic E-state index is 0.00979. The summed E-state index contributed by atoms with van der Waals surface area (Å²) in [5, 5.41) is 19.5. The first kappa shape index (κ1) is 18.0. The number of hydrogen-bond acceptors (Lipinski definition) is 3. The van der Waals surface area contributed by atoms with Gasteiger partial charge in [-0.3, -0.25) is 0 Å². The van der Waals surface area contributed by atoms with Gasteiger partial charge in [-0.25, -0.2) is 0 Å². The average molecular weight is 255 g/mol. The van der Waals surface area contributed by atoms with Crippen molar-refractivity contribution in [2.24, 2.45) is 10.8 Å². The fraction of sp³-hybridized carbons (Fsp3) is 1.00. The first-order valence-electron chi connectivity index (χ1n) is 6.92. The van der Waals surface area contributed by atoms with Gasteiger partial charge in [0.15, 0.2) is 0 Å². The van der Waals surface area contributed by atoms with E-state index in [1.807, 2.05) is 19.7 Å². The minimum atomic E-state index is -0.391. The van der Waals surface area contributed by atoms with E-state index >= 15 is 0 Å². The summed E-state index contributed by atoms with van der Waals surface area (Å²) in [6.45, 7) is 13.2. The summed E-state index contributed by atoms with van der Waals surface area (Å²) in [5.41, 5.74) is -0.203. The fourth-order valence-electron chi connectivity index (χ4n) is 2.35. The largest absolute Gasteiger partial charge is 0.396 e. The summed E-state index contributed by atoms with van der Waals surface area (Å²) >= 11 is 0. The number of rotatable bonds is 7. The van der Waals surface area contributed by atoms with Gasteiger partial charge >= 0.3 is 0 Å². The molecule has 1 atom stereocenters. The lowest BCUT2D eigenvalue weighted by molar-refractivity contribution is 0.00362. The van der Waals surface area contributed by atoms with Crippen molar-refractivity contribution >= 4 is 15.3 Å². The molecule has 2 N–H and O–H groups in total. The lowest BCUT2D eigenvalue weighted by Crippen LogP contribution is -2.50. The Morgan fingerprint density at radius 3 is 1.94 bits per heavy atom. The second-order valence-corrected chi connectivity index (χ2v) is 7.35. The third-order valence-electron chi connectivity index (χ3n) is 5.30. The zero-order chi connectivity index (χ0) is 14.8. The molecule has 1 unspecified atom stereocenters. The van der Waals surface area contributed by atoms with Gasteiger partial charge in [0.1, 0.15) is 7.85 Å². The molecule has 106 valence electrons. The molecule has 0 heterocycles. The Hall–Kier alpha value is 0.00987. The Morgan fingerprint density at radius 1 is 1.17 bits per heavy atom. The Bertz CT molecular complexity index is 268. The van der Waals surface area contributed by atoms with E-state index < -0.39 is 6.23 Å². The molecule has 0 spiro atoms. The Balaban J connectivity index is 5.02. The van der Waals surface area contributed by atoms with E-state index in [4.69, 9.17) is 0 Å². The highest BCUT2D eigenvalue weighted by atomic mass is 16.3. The van der Waals surface area contributed by atoms with Gasteiger partial charge in [-0.2, -0.15) is 0 Å². The molecule has 5 heteroatoms. The van der Waals surface area contributed by atoms with Crippen LogP contribution in [0.1, 0.15) is 41.5 Å². The molecule has 0 aromatic rings. The van der Waals surface area contributed by atoms with Crippen LogP contribution >= 0.6 is 0 Å². The highest BCUT2D eigenvalue weighted by Crippen LogP contribution is 2.55. The molecule has 18 heavy (non-hydrogen) atoms. The van der Waals surface area contributed by atoms with Crippen LogP contribution in [0.5, 0.6) is 0 Å². The highest BCUT2D eigenvalue weighted by molar-refractivity contribution is 6.37. The Morgan fingerprint density at radius 2 is 1.61 bits per heavy atom. The summed E-state index contributed by atoms with van der Waals surface area (Å²) in [7, 11) is 4.74. The summed E-state index contributed by atoms with van der Waals surface area (Å²) < 4.78 is 0. The molecule has 0 aliphatic heterocycles. The topological polar surface area (TPSA) is 43.7 Å². The molecule has 0 aromatic heterocycles. The van der Waals surface area contributed by atoms with E-state index in [1.54, 1.807) is 0 Å². The molecule has 0 radical (unpaired) electrons. The summed E-state index contributed by atoms with van der Waals surface area (Å²) in [6.07, 6.45) is 0.341. The highest BCUT2D eigenvalue weighted by Gasteiger charge is 2.48. The minimum Gasteiger partial charge on any atom is -0.396 e. The van der Waals surface area contributed by atoms with Gasteiger partial charge in [0.25, 0.3) is 0 Å². The predicted molar refractivity (Wildman–Crippen MR) is 83.0 cm³/mol. The van der Waals surface area contributed by atoms with Crippen molar-refractivity contribution in [3.8, 4) is 0 Å². The third-order valence-corrected chi connectivity index (χ3v) is 5.30. The molecular formula is C13H31B2NO2. The van der Waals surface area contributed by atoms with Crippen LogP contribution in [0.25, 0.3) is 0 Å². The van der Waals surface area contributed by atoms with Gasteiger partial charge in [0, 0.05) is 6.61 Å². The average Bonchev–Trinajstić information content (AvgIpc) is 2.26. The van der Waals surface area contributed by atoms with Crippen molar-refractivity contribution in [2.45, 2.75) is 59.4 Å². The van der Waals surface area contributed by atoms with Crippen molar-refractivity contribution in [2.75, 3.05) is 13.7 Å². The molecule has 0 aromatic carbocycles. The first-order chi connectivity index (χ1) is 7.93. The molecule has 0 saturated carbocycles. The molecule has 0 fully saturated rings. The van der Waals surface area contributed by atoms with Crippen molar-refractivity contribution < 1.29 is 10.2 Å². The quantitative estimate of drug-likeness (QED) is 0.524. The van der Waals surface area contributed by atoms with Crippen LogP contribution in [0, 0.1) is 10.8 Å². The lowest BCUT2D eigenvalue weighted by atomic mass is 9.43. The smallest absolute Gasteiger partial charge is 0.213 e. The molecule has 0 aliphatic rings. The van der Waals surface area contributed by atoms with Gasteiger partial charge in [0.2, 0.25) is 7.41 Å². The van der Waals surface area contributed by atoms with Crippen molar-refractivity contribution in [1.82, 2.24) is 4.81 Å². The van der Waals surface area contributed by atoms with E-state index in [-0.39, 0.29) is 22.8 Å². The van der Waals surface area contributed by atoms with Crippen molar-refractivity contribution in [3.05, 3.63) is 0 Å². The molecular weight excluding hydrogens is 224 g/mol. The van der Waals surface area contributed by atoms with Crippen LogP contribution in [-0.2, 0) is 0 Å². The molecule has 0 saturated heterocycles. The first-order valence-corrected chi connectivity index (χ1v) is 6.92. The van der Waals surface area contributed by atoms with E-state index in [2.05, 4.69) is 41.5 Å². The number of aliphatic hydroxyl groups is 2. The summed E-state index contributed by atoms with van der Waals surface area (Å²) in [6, 6.07) is 0. The monoisotopic (exact) mass is 255 g/mol. The van der Waals surface area contributed by atoms with E-state index in [9.17, 15) is 10.2 Å². The molecule has 3 nitrogen and oxygen atoms in total. The predicted octanol–water partition coefficient (Wildman–Crippen LogP) is 0.883. The maximum atomic E-state index is 9.89. The maximum Gasteiger partial charge on any atom is 0.213 e. The maximum absolute atomic E-state index is 9.89. The van der Waals surface area contributed by atoms with E-state index in [0.717, 1.165) is 13.7 Å². The van der Waals surface area contributed by atoms with Crippen LogP contribution in [0.2, 0.25) is 11.6 Å². The molecule has 0 rings (SSSR count). The van der Waals surface area contributed by atoms with Crippen LogP contribution in [0.15, 0.2) is 0 Å². The summed E-state index contributed by atoms with van der Waals surface area (Å²) in [4.78, 5) is 2.00. The van der Waals surface area contributed by atoms with Crippen LogP contribution in [0.3, 0.4) is 0 Å². The second-order valence-electron chi connectivity index (χ2n) is 7.35. The fourth-order valence-corrected chi connectivity index (χ4v) is 2.35. The van der Waals surface area contributed by atoms with Gasteiger partial charge in [0.05, 0.1) is 6.23 Å². The molecule has 0 amide bonds. The number of hydrogen-bond donors (Lipinski definition) is 2. The van der Waals surface area contributed by atoms with Crippen molar-refractivity contribution in [1.29, 1.82) is 0 Å². The normalized spacial score (nSPS) is 15.9. The van der Waals surface area contributed by atoms with Crippen LogP contribution in [-0.4, -0.2) is 50.2 Å².